The smallest absolute Gasteiger partial charge is 0.0248 e. The number of hydrogen-bond donors (Lipinski definition) is 0. The molecule has 0 atom stereocenters. The maximum Gasteiger partial charge on any atom is 0.0248 e. The zero-order chi connectivity index (χ0) is 10.8. The minimum absolute atomic E-state index is 0. The number of fused-ring (bicyclic) bond motifs is 1. The fourth-order valence-corrected chi connectivity index (χ4v) is 1.68. The first-order chi connectivity index (χ1) is 7.93. The Morgan fingerprint density at radius 2 is 1.82 bits per heavy atom. The van der Waals surface area contributed by atoms with Crippen LogP contribution in [0.1, 0.15) is 0 Å². The normalized spacial score (nSPS) is 9.88. The summed E-state index contributed by atoms with van der Waals surface area (Å²) in [6.07, 6.45) is 3.58. The predicted molar refractivity (Wildman–Crippen MR) is 63.8 cm³/mol. The summed E-state index contributed by atoms with van der Waals surface area (Å²) in [7, 11) is 0. The van der Waals surface area contributed by atoms with Gasteiger partial charge >= 0.3 is 0 Å². The summed E-state index contributed by atoms with van der Waals surface area (Å²) in [5, 5.41) is 1.10. The number of nitrogens with zero attached hydrogens (tertiary/aromatic N) is 2. The molecule has 0 amide bonds. The average Bonchev–Trinajstić information content (AvgIpc) is 2.39. The van der Waals surface area contributed by atoms with E-state index in [-0.39, 0.29) is 20.1 Å². The van der Waals surface area contributed by atoms with E-state index < -0.39 is 0 Å². The average molecular weight is 397 g/mol. The van der Waals surface area contributed by atoms with Gasteiger partial charge in [-0.15, -0.1) is 23.8 Å². The van der Waals surface area contributed by atoms with E-state index in [2.05, 4.69) is 16.0 Å². The Balaban J connectivity index is 0.00000108. The Labute approximate surface area is 113 Å². The van der Waals surface area contributed by atoms with Crippen molar-refractivity contribution in [2.75, 3.05) is 0 Å². The second kappa shape index (κ2) is 5.17. The van der Waals surface area contributed by atoms with Crippen LogP contribution in [-0.4, -0.2) is 9.97 Å². The Kier molecular flexibility index (Phi) is 3.62. The molecule has 85 valence electrons. The van der Waals surface area contributed by atoms with Crippen LogP contribution < -0.4 is 0 Å². The Morgan fingerprint density at radius 1 is 0.941 bits per heavy atom. The monoisotopic (exact) mass is 398 g/mol. The van der Waals surface area contributed by atoms with Gasteiger partial charge in [0.25, 0.3) is 0 Å². The molecule has 0 fully saturated rings. The van der Waals surface area contributed by atoms with Gasteiger partial charge in [-0.2, -0.15) is 0 Å². The minimum Gasteiger partial charge on any atom is -0.305 e. The Bertz CT molecular complexity index is 623. The van der Waals surface area contributed by atoms with Crippen molar-refractivity contribution in [3.63, 3.8) is 0 Å². The second-order valence-electron chi connectivity index (χ2n) is 3.54. The molecule has 1 aromatic carbocycles. The van der Waals surface area contributed by atoms with Crippen molar-refractivity contribution in [3.8, 4) is 11.3 Å². The molecule has 0 aliphatic rings. The summed E-state index contributed by atoms with van der Waals surface area (Å²) in [6.45, 7) is 0. The molecule has 3 aromatic rings. The third-order valence-electron chi connectivity index (χ3n) is 2.48. The molecule has 3 heteroatoms. The molecule has 2 heterocycles. The molecule has 1 radical (unpaired) electrons. The standard InChI is InChI=1S/C14H9N2.Ir/c1-2-8-15-13(5-1)12-7-6-11-4-3-9-16-14(11)10-12;/h1-6,8-10H;/q-1;. The van der Waals surface area contributed by atoms with Crippen LogP contribution in [0.3, 0.4) is 0 Å². The van der Waals surface area contributed by atoms with Crippen molar-refractivity contribution in [2.45, 2.75) is 0 Å². The van der Waals surface area contributed by atoms with Crippen molar-refractivity contribution in [1.29, 1.82) is 0 Å². The molecule has 0 saturated heterocycles. The Morgan fingerprint density at radius 3 is 2.65 bits per heavy atom. The quantitative estimate of drug-likeness (QED) is 0.590. The maximum absolute atomic E-state index is 4.32. The molecule has 0 aliphatic heterocycles. The van der Waals surface area contributed by atoms with Crippen molar-refractivity contribution in [1.82, 2.24) is 9.97 Å². The number of pyridine rings is 2. The first-order valence-corrected chi connectivity index (χ1v) is 5.11. The maximum atomic E-state index is 4.32. The van der Waals surface area contributed by atoms with E-state index in [0.29, 0.717) is 0 Å². The van der Waals surface area contributed by atoms with Crippen molar-refractivity contribution >= 4 is 10.9 Å². The van der Waals surface area contributed by atoms with Gasteiger partial charge in [-0.05, 0) is 17.3 Å². The summed E-state index contributed by atoms with van der Waals surface area (Å²) in [4.78, 5) is 8.62. The fourth-order valence-electron chi connectivity index (χ4n) is 1.68. The van der Waals surface area contributed by atoms with Crippen LogP contribution in [0.4, 0.5) is 0 Å². The van der Waals surface area contributed by atoms with Crippen molar-refractivity contribution < 1.29 is 20.1 Å². The molecule has 0 unspecified atom stereocenters. The molecule has 0 aliphatic carbocycles. The van der Waals surface area contributed by atoms with Gasteiger partial charge in [0, 0.05) is 32.5 Å². The third-order valence-corrected chi connectivity index (χ3v) is 2.48. The van der Waals surface area contributed by atoms with Gasteiger partial charge in [0.15, 0.2) is 0 Å². The van der Waals surface area contributed by atoms with Crippen molar-refractivity contribution in [2.24, 2.45) is 0 Å². The van der Waals surface area contributed by atoms with Crippen LogP contribution in [-0.2, 0) is 20.1 Å². The molecule has 0 saturated carbocycles. The zero-order valence-electron chi connectivity index (χ0n) is 8.92. The molecule has 2 nitrogen and oxygen atoms in total. The zero-order valence-corrected chi connectivity index (χ0v) is 11.3. The van der Waals surface area contributed by atoms with Gasteiger partial charge in [0.1, 0.15) is 0 Å². The predicted octanol–water partition coefficient (Wildman–Crippen LogP) is 3.09. The van der Waals surface area contributed by atoms with Gasteiger partial charge in [-0.25, -0.2) is 0 Å². The van der Waals surface area contributed by atoms with Crippen LogP contribution in [0.25, 0.3) is 22.2 Å². The van der Waals surface area contributed by atoms with Crippen LogP contribution >= 0.6 is 0 Å². The van der Waals surface area contributed by atoms with Gasteiger partial charge < -0.3 is 4.98 Å². The van der Waals surface area contributed by atoms with Gasteiger partial charge in [0.05, 0.1) is 0 Å². The van der Waals surface area contributed by atoms with Gasteiger partial charge in [-0.3, -0.25) is 4.98 Å². The van der Waals surface area contributed by atoms with Crippen LogP contribution in [0, 0.1) is 6.07 Å². The Hall–Kier alpha value is -1.57. The summed E-state index contributed by atoms with van der Waals surface area (Å²) < 4.78 is 0. The molecular weight excluding hydrogens is 388 g/mol. The van der Waals surface area contributed by atoms with Gasteiger partial charge in [0.2, 0.25) is 0 Å². The van der Waals surface area contributed by atoms with Crippen LogP contribution in [0.15, 0.2) is 54.9 Å². The van der Waals surface area contributed by atoms with Crippen LogP contribution in [0.5, 0.6) is 0 Å². The summed E-state index contributed by atoms with van der Waals surface area (Å²) >= 11 is 0. The van der Waals surface area contributed by atoms with E-state index in [1.165, 1.54) is 0 Å². The molecular formula is C14H9IrN2-. The second-order valence-corrected chi connectivity index (χ2v) is 3.54. The molecule has 0 N–H and O–H groups in total. The summed E-state index contributed by atoms with van der Waals surface area (Å²) in [5.41, 5.74) is 2.88. The van der Waals surface area contributed by atoms with E-state index in [9.17, 15) is 0 Å². The number of aromatic nitrogens is 2. The topological polar surface area (TPSA) is 25.8 Å². The molecule has 3 rings (SSSR count). The number of benzene rings is 1. The van der Waals surface area contributed by atoms with Gasteiger partial charge in [-0.1, -0.05) is 29.7 Å². The number of rotatable bonds is 1. The van der Waals surface area contributed by atoms with Crippen molar-refractivity contribution in [3.05, 3.63) is 60.9 Å². The minimum atomic E-state index is 0. The summed E-state index contributed by atoms with van der Waals surface area (Å²) in [5.74, 6) is 0. The summed E-state index contributed by atoms with van der Waals surface area (Å²) in [6, 6.07) is 17.0. The largest absolute Gasteiger partial charge is 0.305 e. The van der Waals surface area contributed by atoms with E-state index in [1.54, 1.807) is 12.4 Å². The van der Waals surface area contributed by atoms with E-state index in [4.69, 9.17) is 0 Å². The fraction of sp³-hybridized carbons (Fsp3) is 0. The first-order valence-electron chi connectivity index (χ1n) is 5.11. The van der Waals surface area contributed by atoms with Crippen LogP contribution in [0.2, 0.25) is 0 Å². The number of hydrogen-bond acceptors (Lipinski definition) is 2. The molecule has 17 heavy (non-hydrogen) atoms. The third kappa shape index (κ3) is 2.41. The van der Waals surface area contributed by atoms with E-state index in [0.717, 1.165) is 22.2 Å². The first kappa shape index (κ1) is 11.9. The molecule has 0 bridgehead atoms. The SMILES string of the molecule is [Ir].[c-]1cc2cccnc2cc1-c1ccccn1. The van der Waals surface area contributed by atoms with E-state index >= 15 is 0 Å². The van der Waals surface area contributed by atoms with E-state index in [1.807, 2.05) is 42.5 Å². The molecule has 0 spiro atoms. The molecule has 2 aromatic heterocycles.